The number of rotatable bonds is 9. The normalized spacial score (nSPS) is 12.7. The van der Waals surface area contributed by atoms with E-state index in [1.165, 1.54) is 0 Å². The Morgan fingerprint density at radius 1 is 1.25 bits per heavy atom. The molecular formula is C17H30ClIN4O. The molecule has 1 aromatic rings. The van der Waals surface area contributed by atoms with Crippen molar-refractivity contribution in [3.05, 3.63) is 34.9 Å². The van der Waals surface area contributed by atoms with Gasteiger partial charge in [0.25, 0.3) is 0 Å². The summed E-state index contributed by atoms with van der Waals surface area (Å²) in [6.07, 6.45) is 0. The third-order valence-electron chi connectivity index (χ3n) is 3.80. The van der Waals surface area contributed by atoms with Crippen molar-refractivity contribution in [2.24, 2.45) is 4.99 Å². The van der Waals surface area contributed by atoms with Crippen molar-refractivity contribution in [1.29, 1.82) is 0 Å². The highest BCUT2D eigenvalue weighted by atomic mass is 127. The fraction of sp³-hybridized carbons (Fsp3) is 0.588. The molecule has 0 fully saturated rings. The van der Waals surface area contributed by atoms with Crippen LogP contribution in [0.1, 0.15) is 25.5 Å². The van der Waals surface area contributed by atoms with E-state index < -0.39 is 0 Å². The number of likely N-dealkylation sites (N-methyl/N-ethyl adjacent to an activating group) is 1. The molecular weight excluding hydrogens is 439 g/mol. The lowest BCUT2D eigenvalue weighted by molar-refractivity contribution is 0.203. The predicted octanol–water partition coefficient (Wildman–Crippen LogP) is 3.15. The molecule has 1 atom stereocenters. The average molecular weight is 469 g/mol. The fourth-order valence-electron chi connectivity index (χ4n) is 2.53. The second-order valence-electron chi connectivity index (χ2n) is 5.13. The van der Waals surface area contributed by atoms with Crippen LogP contribution in [0.4, 0.5) is 0 Å². The van der Waals surface area contributed by atoms with Gasteiger partial charge in [0.15, 0.2) is 5.96 Å². The number of halogens is 2. The van der Waals surface area contributed by atoms with Gasteiger partial charge in [-0.15, -0.1) is 24.0 Å². The summed E-state index contributed by atoms with van der Waals surface area (Å²) in [4.78, 5) is 6.63. The molecule has 5 nitrogen and oxygen atoms in total. The third kappa shape index (κ3) is 7.55. The Bertz CT molecular complexity index is 483. The van der Waals surface area contributed by atoms with Crippen LogP contribution in [0.2, 0.25) is 5.02 Å². The van der Waals surface area contributed by atoms with E-state index >= 15 is 0 Å². The molecule has 0 saturated carbocycles. The Morgan fingerprint density at radius 3 is 2.46 bits per heavy atom. The van der Waals surface area contributed by atoms with Crippen LogP contribution in [0.5, 0.6) is 0 Å². The van der Waals surface area contributed by atoms with E-state index in [-0.39, 0.29) is 30.0 Å². The van der Waals surface area contributed by atoms with Crippen molar-refractivity contribution in [3.63, 3.8) is 0 Å². The SMILES string of the molecule is CCN(CC)C(CNC(=NC)NCCOC)c1ccccc1Cl.I. The maximum absolute atomic E-state index is 6.41. The first-order valence-corrected chi connectivity index (χ1v) is 8.47. The van der Waals surface area contributed by atoms with Crippen molar-refractivity contribution in [2.75, 3.05) is 46.9 Å². The van der Waals surface area contributed by atoms with Crippen LogP contribution in [0, 0.1) is 0 Å². The molecule has 0 radical (unpaired) electrons. The largest absolute Gasteiger partial charge is 0.383 e. The van der Waals surface area contributed by atoms with Gasteiger partial charge in [0, 0.05) is 32.3 Å². The lowest BCUT2D eigenvalue weighted by Gasteiger charge is -2.31. The molecule has 0 aromatic heterocycles. The van der Waals surface area contributed by atoms with E-state index in [1.54, 1.807) is 14.2 Å². The Morgan fingerprint density at radius 2 is 1.92 bits per heavy atom. The van der Waals surface area contributed by atoms with E-state index in [4.69, 9.17) is 16.3 Å². The number of nitrogens with zero attached hydrogens (tertiary/aromatic N) is 2. The minimum absolute atomic E-state index is 0. The zero-order valence-electron chi connectivity index (χ0n) is 15.0. The highest BCUT2D eigenvalue weighted by Crippen LogP contribution is 2.26. The summed E-state index contributed by atoms with van der Waals surface area (Å²) in [6.45, 7) is 8.35. The molecule has 0 aliphatic heterocycles. The third-order valence-corrected chi connectivity index (χ3v) is 4.15. The lowest BCUT2D eigenvalue weighted by atomic mass is 10.0. The number of nitrogens with one attached hydrogen (secondary N) is 2. The first-order chi connectivity index (χ1) is 11.2. The van der Waals surface area contributed by atoms with Gasteiger partial charge < -0.3 is 15.4 Å². The van der Waals surface area contributed by atoms with Crippen molar-refractivity contribution in [1.82, 2.24) is 15.5 Å². The molecule has 0 bridgehead atoms. The summed E-state index contributed by atoms with van der Waals surface area (Å²) < 4.78 is 5.05. The molecule has 0 saturated heterocycles. The van der Waals surface area contributed by atoms with Gasteiger partial charge in [-0.05, 0) is 24.7 Å². The number of benzene rings is 1. The molecule has 0 amide bonds. The molecule has 24 heavy (non-hydrogen) atoms. The highest BCUT2D eigenvalue weighted by Gasteiger charge is 2.20. The molecule has 1 rings (SSSR count). The molecule has 7 heteroatoms. The Kier molecular flexibility index (Phi) is 13.4. The molecule has 1 unspecified atom stereocenters. The second kappa shape index (κ2) is 13.7. The first-order valence-electron chi connectivity index (χ1n) is 8.09. The van der Waals surface area contributed by atoms with Crippen LogP contribution in [0.15, 0.2) is 29.3 Å². The van der Waals surface area contributed by atoms with E-state index in [2.05, 4.69) is 40.4 Å². The summed E-state index contributed by atoms with van der Waals surface area (Å²) in [5, 5.41) is 7.41. The van der Waals surface area contributed by atoms with Gasteiger partial charge in [-0.25, -0.2) is 0 Å². The van der Waals surface area contributed by atoms with Crippen molar-refractivity contribution in [3.8, 4) is 0 Å². The van der Waals surface area contributed by atoms with Crippen LogP contribution in [0.25, 0.3) is 0 Å². The van der Waals surface area contributed by atoms with Crippen molar-refractivity contribution >= 4 is 41.5 Å². The number of aliphatic imine (C=N–C) groups is 1. The average Bonchev–Trinajstić information content (AvgIpc) is 2.57. The molecule has 138 valence electrons. The van der Waals surface area contributed by atoms with Gasteiger partial charge in [0.1, 0.15) is 0 Å². The summed E-state index contributed by atoms with van der Waals surface area (Å²) >= 11 is 6.41. The van der Waals surface area contributed by atoms with Gasteiger partial charge in [0.05, 0.1) is 12.6 Å². The van der Waals surface area contributed by atoms with E-state index in [9.17, 15) is 0 Å². The van der Waals surface area contributed by atoms with Crippen molar-refractivity contribution in [2.45, 2.75) is 19.9 Å². The smallest absolute Gasteiger partial charge is 0.191 e. The fourth-order valence-corrected chi connectivity index (χ4v) is 2.79. The molecule has 0 aliphatic carbocycles. The van der Waals surface area contributed by atoms with Gasteiger partial charge >= 0.3 is 0 Å². The molecule has 0 heterocycles. The van der Waals surface area contributed by atoms with Crippen LogP contribution in [-0.4, -0.2) is 57.8 Å². The summed E-state index contributed by atoms with van der Waals surface area (Å²) in [5.74, 6) is 0.770. The molecule has 1 aromatic carbocycles. The van der Waals surface area contributed by atoms with Gasteiger partial charge in [0.2, 0.25) is 0 Å². The maximum Gasteiger partial charge on any atom is 0.191 e. The van der Waals surface area contributed by atoms with E-state index in [0.29, 0.717) is 6.61 Å². The van der Waals surface area contributed by atoms with E-state index in [1.807, 2.05) is 18.2 Å². The monoisotopic (exact) mass is 468 g/mol. The van der Waals surface area contributed by atoms with Gasteiger partial charge in [-0.1, -0.05) is 43.6 Å². The Labute approximate surface area is 168 Å². The number of hydrogen-bond donors (Lipinski definition) is 2. The molecule has 0 spiro atoms. The minimum Gasteiger partial charge on any atom is -0.383 e. The van der Waals surface area contributed by atoms with Crippen LogP contribution in [-0.2, 0) is 4.74 Å². The van der Waals surface area contributed by atoms with E-state index in [0.717, 1.165) is 42.7 Å². The number of ether oxygens (including phenoxy) is 1. The number of hydrogen-bond acceptors (Lipinski definition) is 3. The molecule has 2 N–H and O–H groups in total. The Hall–Kier alpha value is -0.570. The Balaban J connectivity index is 0.00000529. The zero-order chi connectivity index (χ0) is 17.1. The lowest BCUT2D eigenvalue weighted by Crippen LogP contribution is -2.44. The topological polar surface area (TPSA) is 48.9 Å². The standard InChI is InChI=1S/C17H29ClN4O.HI/c1-5-22(6-2)16(14-9-7-8-10-15(14)18)13-21-17(19-3)20-11-12-23-4;/h7-10,16H,5-6,11-13H2,1-4H3,(H2,19,20,21);1H. The number of guanidine groups is 1. The van der Waals surface area contributed by atoms with Gasteiger partial charge in [-0.3, -0.25) is 9.89 Å². The predicted molar refractivity (Wildman–Crippen MR) is 114 cm³/mol. The quantitative estimate of drug-likeness (QED) is 0.253. The van der Waals surface area contributed by atoms with Crippen LogP contribution >= 0.6 is 35.6 Å². The maximum atomic E-state index is 6.41. The highest BCUT2D eigenvalue weighted by molar-refractivity contribution is 14.0. The summed E-state index contributed by atoms with van der Waals surface area (Å²) in [7, 11) is 3.45. The first kappa shape index (κ1) is 23.4. The second-order valence-corrected chi connectivity index (χ2v) is 5.54. The van der Waals surface area contributed by atoms with Crippen molar-refractivity contribution < 1.29 is 4.74 Å². The molecule has 0 aliphatic rings. The minimum atomic E-state index is 0. The zero-order valence-corrected chi connectivity index (χ0v) is 18.1. The summed E-state index contributed by atoms with van der Waals surface area (Å²) in [5.41, 5.74) is 1.14. The van der Waals surface area contributed by atoms with Gasteiger partial charge in [-0.2, -0.15) is 0 Å². The van der Waals surface area contributed by atoms with Crippen LogP contribution in [0.3, 0.4) is 0 Å². The van der Waals surface area contributed by atoms with Crippen LogP contribution < -0.4 is 10.6 Å². The summed E-state index contributed by atoms with van der Waals surface area (Å²) in [6, 6.07) is 8.22. The number of methoxy groups -OCH3 is 1.